The molecule has 0 spiro atoms. The summed E-state index contributed by atoms with van der Waals surface area (Å²) in [7, 11) is 0. The molecule has 0 radical (unpaired) electrons. The number of nitrogens with one attached hydrogen (secondary N) is 1. The number of nitrogens with zero attached hydrogens (tertiary/aromatic N) is 4. The van der Waals surface area contributed by atoms with Crippen LogP contribution >= 0.6 is 0 Å². The maximum atomic E-state index is 12.2. The molecular formula is C19H27N5O2. The molecule has 26 heavy (non-hydrogen) atoms. The van der Waals surface area contributed by atoms with Crippen molar-refractivity contribution in [3.8, 4) is 0 Å². The average Bonchev–Trinajstić information content (AvgIpc) is 3.16. The van der Waals surface area contributed by atoms with Crippen LogP contribution in [-0.4, -0.2) is 58.6 Å². The number of aryl methyl sites for hydroxylation is 1. The van der Waals surface area contributed by atoms with E-state index in [9.17, 15) is 4.79 Å². The molecule has 1 aromatic carbocycles. The lowest BCUT2D eigenvalue weighted by molar-refractivity contribution is -0.122. The van der Waals surface area contributed by atoms with Crippen molar-refractivity contribution in [1.29, 1.82) is 0 Å². The molecule has 0 saturated carbocycles. The number of amides is 1. The van der Waals surface area contributed by atoms with Gasteiger partial charge in [0.15, 0.2) is 0 Å². The Morgan fingerprint density at radius 2 is 1.92 bits per heavy atom. The second kappa shape index (κ2) is 8.91. The van der Waals surface area contributed by atoms with Gasteiger partial charge in [0.2, 0.25) is 17.7 Å². The van der Waals surface area contributed by atoms with Gasteiger partial charge in [0.05, 0.1) is 12.6 Å². The van der Waals surface area contributed by atoms with E-state index in [-0.39, 0.29) is 11.9 Å². The van der Waals surface area contributed by atoms with Crippen molar-refractivity contribution in [2.45, 2.75) is 32.9 Å². The van der Waals surface area contributed by atoms with Crippen molar-refractivity contribution in [3.05, 3.63) is 47.7 Å². The topological polar surface area (TPSA) is 74.5 Å². The molecule has 0 unspecified atom stereocenters. The molecule has 1 fully saturated rings. The van der Waals surface area contributed by atoms with E-state index in [1.165, 1.54) is 0 Å². The van der Waals surface area contributed by atoms with E-state index in [1.807, 2.05) is 37.3 Å². The molecule has 3 rings (SSSR count). The van der Waals surface area contributed by atoms with E-state index in [0.29, 0.717) is 24.9 Å². The third-order valence-electron chi connectivity index (χ3n) is 4.80. The van der Waals surface area contributed by atoms with Crippen LogP contribution in [0.25, 0.3) is 0 Å². The van der Waals surface area contributed by atoms with Crippen molar-refractivity contribution >= 4 is 5.91 Å². The molecule has 1 aliphatic heterocycles. The largest absolute Gasteiger partial charge is 0.424 e. The number of hydrogen-bond donors (Lipinski definition) is 1. The molecule has 1 atom stereocenters. The summed E-state index contributed by atoms with van der Waals surface area (Å²) in [6.45, 7) is 8.60. The first-order valence-electron chi connectivity index (χ1n) is 9.25. The Morgan fingerprint density at radius 1 is 1.19 bits per heavy atom. The molecule has 1 saturated heterocycles. The molecule has 7 nitrogen and oxygen atoms in total. The first kappa shape index (κ1) is 18.5. The van der Waals surface area contributed by atoms with Gasteiger partial charge < -0.3 is 9.73 Å². The molecule has 0 bridgehead atoms. The lowest BCUT2D eigenvalue weighted by Gasteiger charge is -2.36. The Bertz CT molecular complexity index is 695. The third kappa shape index (κ3) is 4.89. The molecule has 1 aliphatic rings. The van der Waals surface area contributed by atoms with E-state index in [2.05, 4.69) is 32.2 Å². The van der Waals surface area contributed by atoms with Crippen molar-refractivity contribution in [3.63, 3.8) is 0 Å². The van der Waals surface area contributed by atoms with Crippen LogP contribution < -0.4 is 5.32 Å². The number of carbonyl (C=O) groups excluding carboxylic acids is 1. The van der Waals surface area contributed by atoms with Gasteiger partial charge in [0.25, 0.3) is 0 Å². The van der Waals surface area contributed by atoms with Gasteiger partial charge in [0, 0.05) is 39.1 Å². The number of benzene rings is 1. The third-order valence-corrected chi connectivity index (χ3v) is 4.80. The van der Waals surface area contributed by atoms with E-state index in [4.69, 9.17) is 4.42 Å². The maximum absolute atomic E-state index is 12.2. The summed E-state index contributed by atoms with van der Waals surface area (Å²) < 4.78 is 5.67. The number of carbonyl (C=O) groups is 1. The number of hydrogen-bond acceptors (Lipinski definition) is 6. The van der Waals surface area contributed by atoms with Crippen molar-refractivity contribution < 1.29 is 9.21 Å². The number of piperazine rings is 1. The molecular weight excluding hydrogens is 330 g/mol. The fourth-order valence-corrected chi connectivity index (χ4v) is 3.10. The van der Waals surface area contributed by atoms with E-state index in [1.54, 1.807) is 0 Å². The molecule has 140 valence electrons. The molecule has 7 heteroatoms. The fourth-order valence-electron chi connectivity index (χ4n) is 3.10. The highest BCUT2D eigenvalue weighted by Gasteiger charge is 2.26. The van der Waals surface area contributed by atoms with Crippen molar-refractivity contribution in [2.75, 3.05) is 32.7 Å². The second-order valence-electron chi connectivity index (χ2n) is 6.64. The molecule has 1 aromatic heterocycles. The average molecular weight is 357 g/mol. The van der Waals surface area contributed by atoms with Gasteiger partial charge in [-0.3, -0.25) is 14.6 Å². The predicted molar refractivity (Wildman–Crippen MR) is 98.4 cm³/mol. The minimum atomic E-state index is 0.0693. The Labute approximate surface area is 154 Å². The zero-order valence-electron chi connectivity index (χ0n) is 15.5. The zero-order chi connectivity index (χ0) is 18.4. The minimum Gasteiger partial charge on any atom is -0.424 e. The first-order valence-corrected chi connectivity index (χ1v) is 9.25. The van der Waals surface area contributed by atoms with E-state index >= 15 is 0 Å². The summed E-state index contributed by atoms with van der Waals surface area (Å²) in [6.07, 6.45) is 0.756. The minimum absolute atomic E-state index is 0.0693. The van der Waals surface area contributed by atoms with Crippen LogP contribution in [-0.2, 0) is 17.8 Å². The highest BCUT2D eigenvalue weighted by molar-refractivity contribution is 5.78. The normalized spacial score (nSPS) is 17.2. The van der Waals surface area contributed by atoms with Gasteiger partial charge in [-0.05, 0) is 12.5 Å². The van der Waals surface area contributed by atoms with Crippen LogP contribution in [0.4, 0.5) is 0 Å². The summed E-state index contributed by atoms with van der Waals surface area (Å²) in [6, 6.07) is 10.1. The molecule has 1 N–H and O–H groups in total. The zero-order valence-corrected chi connectivity index (χ0v) is 15.5. The highest BCUT2D eigenvalue weighted by Crippen LogP contribution is 2.20. The SMILES string of the molecule is CCc1nnc([C@H](C)N2CCN(CC(=O)NCc3ccccc3)CC2)o1. The second-order valence-corrected chi connectivity index (χ2v) is 6.64. The van der Waals surface area contributed by atoms with Crippen LogP contribution in [0.2, 0.25) is 0 Å². The van der Waals surface area contributed by atoms with Gasteiger partial charge in [0.1, 0.15) is 0 Å². The summed E-state index contributed by atoms with van der Waals surface area (Å²) in [5, 5.41) is 11.2. The first-order chi connectivity index (χ1) is 12.7. The molecule has 2 aromatic rings. The summed E-state index contributed by atoms with van der Waals surface area (Å²) >= 11 is 0. The fraction of sp³-hybridized carbons (Fsp3) is 0.526. The van der Waals surface area contributed by atoms with Crippen molar-refractivity contribution in [1.82, 2.24) is 25.3 Å². The van der Waals surface area contributed by atoms with Crippen LogP contribution in [0, 0.1) is 0 Å². The van der Waals surface area contributed by atoms with Crippen LogP contribution in [0.15, 0.2) is 34.7 Å². The lowest BCUT2D eigenvalue weighted by atomic mass is 10.2. The Hall–Kier alpha value is -2.25. The van der Waals surface area contributed by atoms with Gasteiger partial charge in [-0.15, -0.1) is 10.2 Å². The predicted octanol–water partition coefficient (Wildman–Crippen LogP) is 1.63. The van der Waals surface area contributed by atoms with Crippen molar-refractivity contribution in [2.24, 2.45) is 0 Å². The van der Waals surface area contributed by atoms with Gasteiger partial charge in [-0.25, -0.2) is 0 Å². The van der Waals surface area contributed by atoms with Crippen LogP contribution in [0.5, 0.6) is 0 Å². The molecule has 1 amide bonds. The number of rotatable bonds is 7. The summed E-state index contributed by atoms with van der Waals surface area (Å²) in [5.41, 5.74) is 1.12. The van der Waals surface area contributed by atoms with E-state index < -0.39 is 0 Å². The summed E-state index contributed by atoms with van der Waals surface area (Å²) in [5.74, 6) is 1.43. The number of aromatic nitrogens is 2. The highest BCUT2D eigenvalue weighted by atomic mass is 16.4. The van der Waals surface area contributed by atoms with Gasteiger partial charge in [-0.1, -0.05) is 37.3 Å². The Kier molecular flexibility index (Phi) is 6.35. The standard InChI is InChI=1S/C19H27N5O2/c1-3-18-21-22-19(26-18)15(2)24-11-9-23(10-12-24)14-17(25)20-13-16-7-5-4-6-8-16/h4-8,15H,3,9-14H2,1-2H3,(H,20,25)/t15-/m0/s1. The molecule has 2 heterocycles. The monoisotopic (exact) mass is 357 g/mol. The maximum Gasteiger partial charge on any atom is 0.234 e. The van der Waals surface area contributed by atoms with Gasteiger partial charge >= 0.3 is 0 Å². The smallest absolute Gasteiger partial charge is 0.234 e. The quantitative estimate of drug-likeness (QED) is 0.812. The lowest BCUT2D eigenvalue weighted by Crippen LogP contribution is -2.49. The molecule has 0 aliphatic carbocycles. The summed E-state index contributed by atoms with van der Waals surface area (Å²) in [4.78, 5) is 16.7. The van der Waals surface area contributed by atoms with Gasteiger partial charge in [-0.2, -0.15) is 0 Å². The Balaban J connectivity index is 1.41. The van der Waals surface area contributed by atoms with E-state index in [0.717, 1.165) is 38.2 Å². The van der Waals surface area contributed by atoms with Crippen LogP contribution in [0.3, 0.4) is 0 Å². The Morgan fingerprint density at radius 3 is 2.58 bits per heavy atom. The van der Waals surface area contributed by atoms with Crippen LogP contribution in [0.1, 0.15) is 37.2 Å².